The fourth-order valence-corrected chi connectivity index (χ4v) is 0.554. The van der Waals surface area contributed by atoms with Crippen LogP contribution in [0.3, 0.4) is 0 Å². The van der Waals surface area contributed by atoms with Crippen molar-refractivity contribution in [1.82, 2.24) is 0 Å². The van der Waals surface area contributed by atoms with Gasteiger partial charge in [-0.3, -0.25) is 0 Å². The lowest BCUT2D eigenvalue weighted by Gasteiger charge is -1.78. The Morgan fingerprint density at radius 1 is 1.64 bits per heavy atom. The lowest BCUT2D eigenvalue weighted by atomic mass is 10.3. The minimum atomic E-state index is 1.02. The predicted molar refractivity (Wildman–Crippen MR) is 52.5 cm³/mol. The zero-order valence-corrected chi connectivity index (χ0v) is 7.43. The van der Waals surface area contributed by atoms with Crippen molar-refractivity contribution in [3.8, 4) is 0 Å². The standard InChI is InChI=1S/C6H8.C5H8/c1-6-4-2-3-5-6;1-4-5(2)3/h2-4H,5H2,1H3;4H,1-2H2,3H3. The molecule has 0 nitrogen and oxygen atoms in total. The van der Waals surface area contributed by atoms with E-state index in [9.17, 15) is 0 Å². The molecule has 0 saturated heterocycles. The molecule has 0 spiro atoms. The summed E-state index contributed by atoms with van der Waals surface area (Å²) in [4.78, 5) is 0. The lowest BCUT2D eigenvalue weighted by Crippen LogP contribution is -1.58. The van der Waals surface area contributed by atoms with Gasteiger partial charge in [-0.2, -0.15) is 0 Å². The van der Waals surface area contributed by atoms with Crippen molar-refractivity contribution in [2.24, 2.45) is 0 Å². The largest absolute Gasteiger partial charge is 0.0988 e. The van der Waals surface area contributed by atoms with E-state index in [0.717, 1.165) is 5.57 Å². The molecular weight excluding hydrogens is 132 g/mol. The summed E-state index contributed by atoms with van der Waals surface area (Å²) in [5.74, 6) is 0. The summed E-state index contributed by atoms with van der Waals surface area (Å²) in [5.41, 5.74) is 2.49. The van der Waals surface area contributed by atoms with Crippen molar-refractivity contribution in [3.63, 3.8) is 0 Å². The van der Waals surface area contributed by atoms with Crippen molar-refractivity contribution < 1.29 is 0 Å². The summed E-state index contributed by atoms with van der Waals surface area (Å²) in [6.45, 7) is 11.1. The Kier molecular flexibility index (Phi) is 5.18. The predicted octanol–water partition coefficient (Wildman–Crippen LogP) is 3.64. The number of hydrogen-bond acceptors (Lipinski definition) is 0. The van der Waals surface area contributed by atoms with Crippen molar-refractivity contribution in [2.45, 2.75) is 20.3 Å². The maximum Gasteiger partial charge on any atom is -0.0135 e. The van der Waals surface area contributed by atoms with Crippen LogP contribution in [0, 0.1) is 0 Å². The first-order valence-electron chi connectivity index (χ1n) is 3.77. The second kappa shape index (κ2) is 5.72. The third-order valence-electron chi connectivity index (χ3n) is 1.31. The molecule has 0 bridgehead atoms. The Bertz CT molecular complexity index is 192. The average molecular weight is 148 g/mol. The highest BCUT2D eigenvalue weighted by Crippen LogP contribution is 2.06. The summed E-state index contributed by atoms with van der Waals surface area (Å²) in [6.07, 6.45) is 9.28. The topological polar surface area (TPSA) is 0 Å². The zero-order chi connectivity index (χ0) is 8.69. The highest BCUT2D eigenvalue weighted by molar-refractivity contribution is 5.20. The minimum absolute atomic E-state index is 1.02. The summed E-state index contributed by atoms with van der Waals surface area (Å²) >= 11 is 0. The van der Waals surface area contributed by atoms with Gasteiger partial charge in [0.25, 0.3) is 0 Å². The van der Waals surface area contributed by atoms with Gasteiger partial charge >= 0.3 is 0 Å². The third kappa shape index (κ3) is 6.85. The Labute approximate surface area is 69.6 Å². The molecule has 0 aromatic heterocycles. The van der Waals surface area contributed by atoms with E-state index in [0.29, 0.717) is 0 Å². The highest BCUT2D eigenvalue weighted by atomic mass is 13.9. The SMILES string of the molecule is C=CC(=C)C.CC1=CC=CC1. The first kappa shape index (κ1) is 9.96. The van der Waals surface area contributed by atoms with E-state index in [1.165, 1.54) is 12.0 Å². The van der Waals surface area contributed by atoms with E-state index < -0.39 is 0 Å². The Balaban J connectivity index is 0.000000187. The summed E-state index contributed by atoms with van der Waals surface area (Å²) in [5, 5.41) is 0. The van der Waals surface area contributed by atoms with E-state index in [1.807, 2.05) is 6.92 Å². The van der Waals surface area contributed by atoms with Crippen molar-refractivity contribution in [2.75, 3.05) is 0 Å². The molecule has 0 radical (unpaired) electrons. The van der Waals surface area contributed by atoms with Crippen LogP contribution in [0.4, 0.5) is 0 Å². The molecule has 1 aliphatic carbocycles. The van der Waals surface area contributed by atoms with E-state index in [2.05, 4.69) is 38.3 Å². The molecule has 0 aromatic carbocycles. The van der Waals surface area contributed by atoms with Crippen LogP contribution >= 0.6 is 0 Å². The lowest BCUT2D eigenvalue weighted by molar-refractivity contribution is 1.25. The van der Waals surface area contributed by atoms with Gasteiger partial charge in [0.05, 0.1) is 0 Å². The first-order valence-corrected chi connectivity index (χ1v) is 3.77. The molecule has 0 saturated carbocycles. The Morgan fingerprint density at radius 2 is 2.18 bits per heavy atom. The van der Waals surface area contributed by atoms with Gasteiger partial charge in [-0.1, -0.05) is 48.6 Å². The van der Waals surface area contributed by atoms with E-state index in [-0.39, 0.29) is 0 Å². The summed E-state index contributed by atoms with van der Waals surface area (Å²) < 4.78 is 0. The number of rotatable bonds is 1. The molecule has 0 fully saturated rings. The second-order valence-electron chi connectivity index (χ2n) is 2.70. The van der Waals surface area contributed by atoms with Crippen LogP contribution in [-0.2, 0) is 0 Å². The molecular formula is C11H16. The number of allylic oxidation sites excluding steroid dienone is 6. The Hall–Kier alpha value is -1.04. The summed E-state index contributed by atoms with van der Waals surface area (Å²) in [6, 6.07) is 0. The minimum Gasteiger partial charge on any atom is -0.0988 e. The van der Waals surface area contributed by atoms with Crippen LogP contribution in [-0.4, -0.2) is 0 Å². The molecule has 0 N–H and O–H groups in total. The first-order chi connectivity index (χ1) is 5.16. The zero-order valence-electron chi connectivity index (χ0n) is 7.43. The van der Waals surface area contributed by atoms with E-state index in [4.69, 9.17) is 0 Å². The smallest absolute Gasteiger partial charge is 0.0135 e. The van der Waals surface area contributed by atoms with Gasteiger partial charge in [-0.25, -0.2) is 0 Å². The van der Waals surface area contributed by atoms with Crippen molar-refractivity contribution in [3.05, 3.63) is 48.6 Å². The van der Waals surface area contributed by atoms with Crippen LogP contribution in [0.5, 0.6) is 0 Å². The summed E-state index contributed by atoms with van der Waals surface area (Å²) in [7, 11) is 0. The molecule has 0 heteroatoms. The quantitative estimate of drug-likeness (QED) is 0.498. The van der Waals surface area contributed by atoms with E-state index >= 15 is 0 Å². The van der Waals surface area contributed by atoms with Gasteiger partial charge in [0.2, 0.25) is 0 Å². The van der Waals surface area contributed by atoms with Crippen LogP contribution < -0.4 is 0 Å². The van der Waals surface area contributed by atoms with Crippen molar-refractivity contribution >= 4 is 0 Å². The monoisotopic (exact) mass is 148 g/mol. The molecule has 0 aromatic rings. The van der Waals surface area contributed by atoms with Gasteiger partial charge in [0, 0.05) is 0 Å². The number of hydrogen-bond donors (Lipinski definition) is 0. The average Bonchev–Trinajstić information content (AvgIpc) is 2.41. The van der Waals surface area contributed by atoms with Crippen LogP contribution in [0.2, 0.25) is 0 Å². The molecule has 0 amide bonds. The highest BCUT2D eigenvalue weighted by Gasteiger charge is 1.86. The molecule has 60 valence electrons. The fraction of sp³-hybridized carbons (Fsp3) is 0.273. The molecule has 0 atom stereocenters. The van der Waals surface area contributed by atoms with Gasteiger partial charge in [-0.05, 0) is 20.3 Å². The molecule has 11 heavy (non-hydrogen) atoms. The maximum absolute atomic E-state index is 3.56. The van der Waals surface area contributed by atoms with Gasteiger partial charge < -0.3 is 0 Å². The fourth-order valence-electron chi connectivity index (χ4n) is 0.554. The Morgan fingerprint density at radius 3 is 2.27 bits per heavy atom. The molecule has 1 aliphatic rings. The molecule has 0 heterocycles. The maximum atomic E-state index is 3.56. The molecule has 0 unspecified atom stereocenters. The third-order valence-corrected chi connectivity index (χ3v) is 1.31. The van der Waals surface area contributed by atoms with Crippen LogP contribution in [0.15, 0.2) is 48.6 Å². The van der Waals surface area contributed by atoms with E-state index in [1.54, 1.807) is 6.08 Å². The normalized spacial score (nSPS) is 13.1. The van der Waals surface area contributed by atoms with Gasteiger partial charge in [0.1, 0.15) is 0 Å². The van der Waals surface area contributed by atoms with Crippen LogP contribution in [0.25, 0.3) is 0 Å². The van der Waals surface area contributed by atoms with Crippen LogP contribution in [0.1, 0.15) is 20.3 Å². The van der Waals surface area contributed by atoms with Gasteiger partial charge in [0.15, 0.2) is 0 Å². The molecule has 0 aliphatic heterocycles. The molecule has 1 rings (SSSR count). The van der Waals surface area contributed by atoms with Crippen molar-refractivity contribution in [1.29, 1.82) is 0 Å². The second-order valence-corrected chi connectivity index (χ2v) is 2.70. The van der Waals surface area contributed by atoms with Gasteiger partial charge in [-0.15, -0.1) is 0 Å².